The van der Waals surface area contributed by atoms with Crippen LogP contribution in [0, 0.1) is 12.8 Å². The monoisotopic (exact) mass is 245 g/mol. The predicted octanol–water partition coefficient (Wildman–Crippen LogP) is 1.67. The van der Waals surface area contributed by atoms with E-state index in [1.54, 1.807) is 0 Å². The van der Waals surface area contributed by atoms with Crippen LogP contribution in [0.2, 0.25) is 0 Å². The molecule has 0 amide bonds. The summed E-state index contributed by atoms with van der Waals surface area (Å²) < 4.78 is 2.03. The van der Waals surface area contributed by atoms with Gasteiger partial charge in [0.05, 0.1) is 0 Å². The van der Waals surface area contributed by atoms with Gasteiger partial charge in [0.2, 0.25) is 0 Å². The zero-order valence-electron chi connectivity index (χ0n) is 10.7. The largest absolute Gasteiger partial charge is 0.330 e. The Hall–Kier alpha value is -1.49. The molecule has 2 aromatic rings. The van der Waals surface area contributed by atoms with Crippen LogP contribution in [0.5, 0.6) is 0 Å². The Kier molecular flexibility index (Phi) is 2.99. The molecule has 0 aromatic carbocycles. The second kappa shape index (κ2) is 4.65. The van der Waals surface area contributed by atoms with E-state index in [9.17, 15) is 0 Å². The molecule has 1 aliphatic rings. The van der Waals surface area contributed by atoms with Gasteiger partial charge in [-0.15, -0.1) is 10.2 Å². The van der Waals surface area contributed by atoms with Crippen LogP contribution in [0.3, 0.4) is 0 Å². The lowest BCUT2D eigenvalue weighted by atomic mass is 9.82. The zero-order valence-corrected chi connectivity index (χ0v) is 10.7. The highest BCUT2D eigenvalue weighted by Gasteiger charge is 2.25. The molecule has 0 spiro atoms. The molecule has 1 aliphatic carbocycles. The minimum Gasteiger partial charge on any atom is -0.330 e. The Balaban J connectivity index is 1.87. The number of fused-ring (bicyclic) bond motifs is 1. The molecule has 1 fully saturated rings. The van der Waals surface area contributed by atoms with E-state index in [-0.39, 0.29) is 0 Å². The van der Waals surface area contributed by atoms with E-state index in [4.69, 9.17) is 5.73 Å². The molecule has 0 saturated heterocycles. The van der Waals surface area contributed by atoms with E-state index in [2.05, 4.69) is 15.2 Å². The standard InChI is InChI=1S/C13H19N5/c1-9-6-12-16-17-13(18(12)8-15-9)11-4-2-10(7-14)3-5-11/h6,8,10-11H,2-5,7,14H2,1H3. The quantitative estimate of drug-likeness (QED) is 0.873. The van der Waals surface area contributed by atoms with E-state index in [0.717, 1.165) is 36.6 Å². The lowest BCUT2D eigenvalue weighted by Gasteiger charge is -2.26. The number of aromatic nitrogens is 4. The number of aryl methyl sites for hydroxylation is 1. The van der Waals surface area contributed by atoms with Crippen LogP contribution in [0.15, 0.2) is 12.4 Å². The van der Waals surface area contributed by atoms with Crippen LogP contribution in [0.25, 0.3) is 5.65 Å². The molecule has 0 bridgehead atoms. The fraction of sp³-hybridized carbons (Fsp3) is 0.615. The molecule has 0 atom stereocenters. The zero-order chi connectivity index (χ0) is 12.5. The summed E-state index contributed by atoms with van der Waals surface area (Å²) in [6.07, 6.45) is 6.58. The molecule has 96 valence electrons. The van der Waals surface area contributed by atoms with E-state index in [0.29, 0.717) is 11.8 Å². The maximum absolute atomic E-state index is 5.73. The summed E-state index contributed by atoms with van der Waals surface area (Å²) in [6, 6.07) is 1.97. The summed E-state index contributed by atoms with van der Waals surface area (Å²) in [6.45, 7) is 2.79. The highest BCUT2D eigenvalue weighted by atomic mass is 15.3. The maximum Gasteiger partial charge on any atom is 0.163 e. The van der Waals surface area contributed by atoms with Crippen LogP contribution >= 0.6 is 0 Å². The molecule has 0 radical (unpaired) electrons. The first kappa shape index (κ1) is 11.6. The van der Waals surface area contributed by atoms with Gasteiger partial charge in [0, 0.05) is 17.7 Å². The minimum atomic E-state index is 0.507. The first-order valence-electron chi connectivity index (χ1n) is 6.65. The van der Waals surface area contributed by atoms with Crippen LogP contribution in [-0.4, -0.2) is 26.1 Å². The van der Waals surface area contributed by atoms with Gasteiger partial charge in [-0.25, -0.2) is 4.98 Å². The van der Waals surface area contributed by atoms with E-state index < -0.39 is 0 Å². The Morgan fingerprint density at radius 2 is 2.06 bits per heavy atom. The van der Waals surface area contributed by atoms with E-state index in [1.165, 1.54) is 12.8 Å². The molecular weight excluding hydrogens is 226 g/mol. The van der Waals surface area contributed by atoms with Crippen molar-refractivity contribution in [1.29, 1.82) is 0 Å². The number of hydrogen-bond acceptors (Lipinski definition) is 4. The molecule has 18 heavy (non-hydrogen) atoms. The van der Waals surface area contributed by atoms with Crippen molar-refractivity contribution >= 4 is 5.65 Å². The second-order valence-electron chi connectivity index (χ2n) is 5.27. The molecule has 2 N–H and O–H groups in total. The van der Waals surface area contributed by atoms with Crippen molar-refractivity contribution in [3.05, 3.63) is 23.9 Å². The van der Waals surface area contributed by atoms with Gasteiger partial charge in [0.1, 0.15) is 12.2 Å². The number of rotatable bonds is 2. The third-order valence-electron chi connectivity index (χ3n) is 4.01. The lowest BCUT2D eigenvalue weighted by Crippen LogP contribution is -2.21. The Bertz CT molecular complexity index is 539. The highest BCUT2D eigenvalue weighted by Crippen LogP contribution is 2.34. The van der Waals surface area contributed by atoms with Gasteiger partial charge >= 0.3 is 0 Å². The van der Waals surface area contributed by atoms with Gasteiger partial charge in [-0.1, -0.05) is 0 Å². The fourth-order valence-corrected chi connectivity index (χ4v) is 2.84. The second-order valence-corrected chi connectivity index (χ2v) is 5.27. The molecular formula is C13H19N5. The summed E-state index contributed by atoms with van der Waals surface area (Å²) in [4.78, 5) is 4.33. The van der Waals surface area contributed by atoms with E-state index in [1.807, 2.05) is 23.7 Å². The third kappa shape index (κ3) is 1.99. The number of nitrogens with zero attached hydrogens (tertiary/aromatic N) is 4. The van der Waals surface area contributed by atoms with Crippen LogP contribution < -0.4 is 5.73 Å². The normalized spacial score (nSPS) is 24.6. The van der Waals surface area contributed by atoms with Gasteiger partial charge in [-0.05, 0) is 45.1 Å². The molecule has 5 nitrogen and oxygen atoms in total. The molecule has 5 heteroatoms. The number of hydrogen-bond donors (Lipinski definition) is 1. The van der Waals surface area contributed by atoms with Crippen molar-refractivity contribution < 1.29 is 0 Å². The van der Waals surface area contributed by atoms with Crippen molar-refractivity contribution in [2.45, 2.75) is 38.5 Å². The molecule has 3 rings (SSSR count). The van der Waals surface area contributed by atoms with Crippen LogP contribution in [0.1, 0.15) is 43.1 Å². The lowest BCUT2D eigenvalue weighted by molar-refractivity contribution is 0.324. The van der Waals surface area contributed by atoms with Crippen LogP contribution in [0.4, 0.5) is 0 Å². The highest BCUT2D eigenvalue weighted by molar-refractivity contribution is 5.38. The SMILES string of the molecule is Cc1cc2nnc(C3CCC(CN)CC3)n2cn1. The van der Waals surface area contributed by atoms with Crippen molar-refractivity contribution in [3.8, 4) is 0 Å². The fourth-order valence-electron chi connectivity index (χ4n) is 2.84. The molecule has 2 aromatic heterocycles. The summed E-state index contributed by atoms with van der Waals surface area (Å²) in [5, 5.41) is 8.59. The maximum atomic E-state index is 5.73. The summed E-state index contributed by atoms with van der Waals surface area (Å²) in [7, 11) is 0. The van der Waals surface area contributed by atoms with Crippen LogP contribution in [-0.2, 0) is 0 Å². The average Bonchev–Trinajstić information content (AvgIpc) is 2.81. The van der Waals surface area contributed by atoms with Crippen molar-refractivity contribution in [3.63, 3.8) is 0 Å². The van der Waals surface area contributed by atoms with Crippen molar-refractivity contribution in [1.82, 2.24) is 19.6 Å². The van der Waals surface area contributed by atoms with Gasteiger partial charge in [-0.2, -0.15) is 0 Å². The van der Waals surface area contributed by atoms with Gasteiger partial charge in [0.25, 0.3) is 0 Å². The predicted molar refractivity (Wildman–Crippen MR) is 69.3 cm³/mol. The molecule has 0 unspecified atom stereocenters. The Morgan fingerprint density at radius 1 is 1.28 bits per heavy atom. The molecule has 0 aliphatic heterocycles. The molecule has 2 heterocycles. The summed E-state index contributed by atoms with van der Waals surface area (Å²) in [5.41, 5.74) is 7.61. The molecule has 1 saturated carbocycles. The van der Waals surface area contributed by atoms with Gasteiger partial charge < -0.3 is 5.73 Å². The summed E-state index contributed by atoms with van der Waals surface area (Å²) >= 11 is 0. The summed E-state index contributed by atoms with van der Waals surface area (Å²) in [5.74, 6) is 2.26. The Labute approximate surface area is 106 Å². The van der Waals surface area contributed by atoms with Crippen molar-refractivity contribution in [2.24, 2.45) is 11.7 Å². The Morgan fingerprint density at radius 3 is 2.78 bits per heavy atom. The van der Waals surface area contributed by atoms with Gasteiger partial charge in [-0.3, -0.25) is 4.40 Å². The smallest absolute Gasteiger partial charge is 0.163 e. The first-order chi connectivity index (χ1) is 8.78. The van der Waals surface area contributed by atoms with Crippen molar-refractivity contribution in [2.75, 3.05) is 6.54 Å². The number of nitrogens with two attached hydrogens (primary N) is 1. The van der Waals surface area contributed by atoms with Gasteiger partial charge in [0.15, 0.2) is 5.65 Å². The van der Waals surface area contributed by atoms with E-state index >= 15 is 0 Å². The first-order valence-corrected chi connectivity index (χ1v) is 6.65. The topological polar surface area (TPSA) is 69.1 Å². The third-order valence-corrected chi connectivity index (χ3v) is 4.01. The minimum absolute atomic E-state index is 0.507. The average molecular weight is 245 g/mol.